The molecule has 0 unspecified atom stereocenters. The van der Waals surface area contributed by atoms with E-state index < -0.39 is 0 Å². The van der Waals surface area contributed by atoms with Gasteiger partial charge in [-0.2, -0.15) is 0 Å². The van der Waals surface area contributed by atoms with Crippen molar-refractivity contribution in [2.75, 3.05) is 0 Å². The molecule has 23 heavy (non-hydrogen) atoms. The van der Waals surface area contributed by atoms with Gasteiger partial charge in [0.05, 0.1) is 5.69 Å². The molecule has 0 radical (unpaired) electrons. The molecule has 4 nitrogen and oxygen atoms in total. The Balaban J connectivity index is 1.71. The zero-order valence-electron chi connectivity index (χ0n) is 12.3. The van der Waals surface area contributed by atoms with Gasteiger partial charge in [0.15, 0.2) is 0 Å². The molecule has 0 fully saturated rings. The lowest BCUT2D eigenvalue weighted by Gasteiger charge is -2.01. The monoisotopic (exact) mass is 299 g/mol. The summed E-state index contributed by atoms with van der Waals surface area (Å²) >= 11 is 0. The van der Waals surface area contributed by atoms with Gasteiger partial charge in [-0.3, -0.25) is 0 Å². The molecule has 0 aliphatic carbocycles. The Morgan fingerprint density at radius 1 is 0.522 bits per heavy atom. The number of rotatable bonds is 3. The Kier molecular flexibility index (Phi) is 3.41. The van der Waals surface area contributed by atoms with Crippen LogP contribution < -0.4 is 0 Å². The maximum Gasteiger partial charge on any atom is 0.266 e. The maximum absolute atomic E-state index is 5.76. The van der Waals surface area contributed by atoms with Gasteiger partial charge in [-0.15, -0.1) is 10.2 Å². The summed E-state index contributed by atoms with van der Waals surface area (Å²) in [5, 5.41) is 8.23. The molecule has 0 saturated carbocycles. The maximum atomic E-state index is 5.76. The first-order chi connectivity index (χ1) is 11.4. The second kappa shape index (κ2) is 5.85. The third-order valence-electron chi connectivity index (χ3n) is 3.48. The minimum absolute atomic E-state index is 0.418. The Morgan fingerprint density at radius 2 is 1.13 bits per heavy atom. The normalized spacial score (nSPS) is 10.6. The highest BCUT2D eigenvalue weighted by Gasteiger charge is 2.12. The Bertz CT molecular complexity index is 918. The van der Waals surface area contributed by atoms with Gasteiger partial charge in [0.1, 0.15) is 5.69 Å². The summed E-state index contributed by atoms with van der Waals surface area (Å²) < 4.78 is 5.76. The molecular weight excluding hydrogens is 286 g/mol. The summed E-state index contributed by atoms with van der Waals surface area (Å²) in [4.78, 5) is 4.62. The van der Waals surface area contributed by atoms with Crippen molar-refractivity contribution in [1.82, 2.24) is 15.2 Å². The van der Waals surface area contributed by atoms with Gasteiger partial charge in [0, 0.05) is 11.1 Å². The van der Waals surface area contributed by atoms with E-state index in [0.717, 1.165) is 16.8 Å². The highest BCUT2D eigenvalue weighted by Crippen LogP contribution is 2.24. The Labute approximate surface area is 133 Å². The van der Waals surface area contributed by atoms with Crippen LogP contribution in [-0.2, 0) is 0 Å². The first kappa shape index (κ1) is 13.4. The van der Waals surface area contributed by atoms with Crippen molar-refractivity contribution in [2.24, 2.45) is 0 Å². The summed E-state index contributed by atoms with van der Waals surface area (Å²) in [6.45, 7) is 0. The lowest BCUT2D eigenvalue weighted by molar-refractivity contribution is 0.582. The van der Waals surface area contributed by atoms with E-state index in [2.05, 4.69) is 15.2 Å². The van der Waals surface area contributed by atoms with E-state index in [9.17, 15) is 0 Å². The SMILES string of the molecule is c1ccc(-c2cccc(-c3nnc(-c4ccccc4)o3)n2)cc1. The van der Waals surface area contributed by atoms with Crippen molar-refractivity contribution in [1.29, 1.82) is 0 Å². The molecule has 0 atom stereocenters. The van der Waals surface area contributed by atoms with Crippen LogP contribution in [0.15, 0.2) is 83.3 Å². The molecule has 4 heteroatoms. The van der Waals surface area contributed by atoms with E-state index >= 15 is 0 Å². The number of aromatic nitrogens is 3. The van der Waals surface area contributed by atoms with Gasteiger partial charge in [0.25, 0.3) is 5.89 Å². The summed E-state index contributed by atoms with van der Waals surface area (Å²) in [5.74, 6) is 0.911. The Morgan fingerprint density at radius 3 is 1.87 bits per heavy atom. The van der Waals surface area contributed by atoms with Gasteiger partial charge in [-0.1, -0.05) is 54.6 Å². The molecule has 2 aromatic carbocycles. The second-order valence-corrected chi connectivity index (χ2v) is 5.05. The first-order valence-electron chi connectivity index (χ1n) is 7.32. The van der Waals surface area contributed by atoms with Crippen LogP contribution in [-0.4, -0.2) is 15.2 Å². The number of benzene rings is 2. The molecule has 0 spiro atoms. The molecule has 2 heterocycles. The zero-order valence-corrected chi connectivity index (χ0v) is 12.3. The molecule has 0 saturated heterocycles. The summed E-state index contributed by atoms with van der Waals surface area (Å²) in [7, 11) is 0. The van der Waals surface area contributed by atoms with Gasteiger partial charge in [-0.25, -0.2) is 4.98 Å². The van der Waals surface area contributed by atoms with Crippen LogP contribution >= 0.6 is 0 Å². The predicted octanol–water partition coefficient (Wildman–Crippen LogP) is 4.47. The first-order valence-corrected chi connectivity index (χ1v) is 7.32. The molecule has 0 aliphatic rings. The molecule has 2 aromatic heterocycles. The van der Waals surface area contributed by atoms with Crippen molar-refractivity contribution >= 4 is 0 Å². The summed E-state index contributed by atoms with van der Waals surface area (Å²) in [5.41, 5.74) is 3.49. The number of hydrogen-bond acceptors (Lipinski definition) is 4. The minimum Gasteiger partial charge on any atom is -0.415 e. The fourth-order valence-electron chi connectivity index (χ4n) is 2.35. The Hall–Kier alpha value is -3.27. The third kappa shape index (κ3) is 2.74. The lowest BCUT2D eigenvalue weighted by atomic mass is 10.1. The van der Waals surface area contributed by atoms with Gasteiger partial charge in [0.2, 0.25) is 5.89 Å². The fraction of sp³-hybridized carbons (Fsp3) is 0. The highest BCUT2D eigenvalue weighted by atomic mass is 16.4. The van der Waals surface area contributed by atoms with Crippen LogP contribution in [0.25, 0.3) is 34.3 Å². The standard InChI is InChI=1S/C19H13N3O/c1-3-8-14(9-4-1)16-12-7-13-17(20-16)19-22-21-18(23-19)15-10-5-2-6-11-15/h1-13H. The molecule has 4 aromatic rings. The third-order valence-corrected chi connectivity index (χ3v) is 3.48. The topological polar surface area (TPSA) is 51.8 Å². The molecule has 0 bridgehead atoms. The summed E-state index contributed by atoms with van der Waals surface area (Å²) in [6, 6.07) is 25.5. The van der Waals surface area contributed by atoms with Crippen molar-refractivity contribution < 1.29 is 4.42 Å². The highest BCUT2D eigenvalue weighted by molar-refractivity contribution is 5.63. The molecule has 4 rings (SSSR count). The average Bonchev–Trinajstić information content (AvgIpc) is 3.14. The molecular formula is C19H13N3O. The average molecular weight is 299 g/mol. The van der Waals surface area contributed by atoms with Gasteiger partial charge in [-0.05, 0) is 24.3 Å². The van der Waals surface area contributed by atoms with Crippen LogP contribution in [0, 0.1) is 0 Å². The van der Waals surface area contributed by atoms with E-state index in [1.807, 2.05) is 78.9 Å². The molecule has 0 aliphatic heterocycles. The van der Waals surface area contributed by atoms with Crippen LogP contribution in [0.1, 0.15) is 0 Å². The smallest absolute Gasteiger partial charge is 0.266 e. The second-order valence-electron chi connectivity index (χ2n) is 5.05. The van der Waals surface area contributed by atoms with E-state index in [1.165, 1.54) is 0 Å². The molecule has 0 N–H and O–H groups in total. The number of nitrogens with zero attached hydrogens (tertiary/aromatic N) is 3. The van der Waals surface area contributed by atoms with Crippen molar-refractivity contribution in [3.63, 3.8) is 0 Å². The van der Waals surface area contributed by atoms with Gasteiger partial charge >= 0.3 is 0 Å². The summed E-state index contributed by atoms with van der Waals surface area (Å²) in [6.07, 6.45) is 0. The van der Waals surface area contributed by atoms with Crippen molar-refractivity contribution in [2.45, 2.75) is 0 Å². The van der Waals surface area contributed by atoms with Crippen molar-refractivity contribution in [3.8, 4) is 34.3 Å². The predicted molar refractivity (Wildman–Crippen MR) is 88.4 cm³/mol. The van der Waals surface area contributed by atoms with Crippen LogP contribution in [0.2, 0.25) is 0 Å². The van der Waals surface area contributed by atoms with E-state index in [0.29, 0.717) is 17.5 Å². The minimum atomic E-state index is 0.418. The van der Waals surface area contributed by atoms with Crippen LogP contribution in [0.5, 0.6) is 0 Å². The lowest BCUT2D eigenvalue weighted by Crippen LogP contribution is -1.87. The fourth-order valence-corrected chi connectivity index (χ4v) is 2.35. The number of pyridine rings is 1. The van der Waals surface area contributed by atoms with Crippen LogP contribution in [0.3, 0.4) is 0 Å². The quantitative estimate of drug-likeness (QED) is 0.560. The zero-order chi connectivity index (χ0) is 15.5. The van der Waals surface area contributed by atoms with Crippen molar-refractivity contribution in [3.05, 3.63) is 78.9 Å². The van der Waals surface area contributed by atoms with Gasteiger partial charge < -0.3 is 4.42 Å². The van der Waals surface area contributed by atoms with Crippen LogP contribution in [0.4, 0.5) is 0 Å². The number of hydrogen-bond donors (Lipinski definition) is 0. The largest absolute Gasteiger partial charge is 0.415 e. The molecule has 110 valence electrons. The van der Waals surface area contributed by atoms with E-state index in [1.54, 1.807) is 0 Å². The van der Waals surface area contributed by atoms with E-state index in [4.69, 9.17) is 4.42 Å². The molecule has 0 amide bonds. The van der Waals surface area contributed by atoms with E-state index in [-0.39, 0.29) is 0 Å².